The van der Waals surface area contributed by atoms with E-state index < -0.39 is 30.6 Å². The van der Waals surface area contributed by atoms with Crippen molar-refractivity contribution in [2.24, 2.45) is 5.73 Å². The highest BCUT2D eigenvalue weighted by molar-refractivity contribution is 5.88. The summed E-state index contributed by atoms with van der Waals surface area (Å²) in [6, 6.07) is 5.38. The predicted molar refractivity (Wildman–Crippen MR) is 76.6 cm³/mol. The number of nitrogens with two attached hydrogens (primary N) is 1. The highest BCUT2D eigenvalue weighted by Gasteiger charge is 2.23. The lowest BCUT2D eigenvalue weighted by Crippen LogP contribution is -2.50. The first kappa shape index (κ1) is 15.0. The summed E-state index contributed by atoms with van der Waals surface area (Å²) in [4.78, 5) is 25.7. The Morgan fingerprint density at radius 3 is 2.71 bits per heavy atom. The van der Waals surface area contributed by atoms with Gasteiger partial charge >= 0.3 is 5.97 Å². The highest BCUT2D eigenvalue weighted by Crippen LogP contribution is 2.18. The third kappa shape index (κ3) is 3.39. The van der Waals surface area contributed by atoms with Crippen LogP contribution in [0.5, 0.6) is 0 Å². The number of H-pyrrole nitrogens is 1. The maximum absolute atomic E-state index is 11.9. The minimum atomic E-state index is -1.34. The Balaban J connectivity index is 2.05. The van der Waals surface area contributed by atoms with Crippen LogP contribution in [0.1, 0.15) is 5.56 Å². The second-order valence-corrected chi connectivity index (χ2v) is 4.75. The smallest absolute Gasteiger partial charge is 0.328 e. The number of carboxylic acids is 1. The van der Waals surface area contributed by atoms with Gasteiger partial charge in [-0.15, -0.1) is 0 Å². The number of benzene rings is 1. The molecule has 1 heterocycles. The van der Waals surface area contributed by atoms with Crippen molar-refractivity contribution in [2.45, 2.75) is 18.5 Å². The Morgan fingerprint density at radius 1 is 1.33 bits per heavy atom. The van der Waals surface area contributed by atoms with E-state index in [0.717, 1.165) is 16.5 Å². The number of carbonyl (C=O) groups is 2. The fourth-order valence-electron chi connectivity index (χ4n) is 2.09. The molecule has 2 atom stereocenters. The van der Waals surface area contributed by atoms with Crippen LogP contribution >= 0.6 is 0 Å². The van der Waals surface area contributed by atoms with Crippen LogP contribution in [0.3, 0.4) is 0 Å². The van der Waals surface area contributed by atoms with E-state index in [-0.39, 0.29) is 6.42 Å². The summed E-state index contributed by atoms with van der Waals surface area (Å²) in [7, 11) is 0. The zero-order chi connectivity index (χ0) is 15.4. The molecule has 21 heavy (non-hydrogen) atoms. The van der Waals surface area contributed by atoms with E-state index in [1.807, 2.05) is 24.3 Å². The van der Waals surface area contributed by atoms with Gasteiger partial charge in [0.2, 0.25) is 5.91 Å². The first-order chi connectivity index (χ1) is 10.0. The number of aliphatic carboxylic acids is 1. The first-order valence-corrected chi connectivity index (χ1v) is 6.47. The molecule has 0 fully saturated rings. The summed E-state index contributed by atoms with van der Waals surface area (Å²) in [5.74, 6) is -1.91. The van der Waals surface area contributed by atoms with Gasteiger partial charge in [0, 0.05) is 17.1 Å². The molecule has 0 radical (unpaired) electrons. The Hall–Kier alpha value is -2.38. The van der Waals surface area contributed by atoms with E-state index in [0.29, 0.717) is 0 Å². The van der Waals surface area contributed by atoms with Gasteiger partial charge in [0.05, 0.1) is 12.6 Å². The van der Waals surface area contributed by atoms with E-state index in [1.165, 1.54) is 0 Å². The molecule has 2 rings (SSSR count). The van der Waals surface area contributed by atoms with Crippen LogP contribution < -0.4 is 11.1 Å². The molecular formula is C14H17N3O4. The number of aliphatic hydroxyl groups is 1. The highest BCUT2D eigenvalue weighted by atomic mass is 16.4. The van der Waals surface area contributed by atoms with Crippen molar-refractivity contribution in [1.29, 1.82) is 0 Å². The molecule has 7 heteroatoms. The number of hydrogen-bond acceptors (Lipinski definition) is 4. The van der Waals surface area contributed by atoms with Gasteiger partial charge in [0.15, 0.2) is 0 Å². The molecule has 0 aliphatic heterocycles. The summed E-state index contributed by atoms with van der Waals surface area (Å²) in [6.45, 7) is -0.680. The Labute approximate surface area is 120 Å². The maximum Gasteiger partial charge on any atom is 0.328 e. The van der Waals surface area contributed by atoms with Crippen molar-refractivity contribution < 1.29 is 19.8 Å². The largest absolute Gasteiger partial charge is 0.480 e. The van der Waals surface area contributed by atoms with Crippen LogP contribution in [0.25, 0.3) is 10.9 Å². The quantitative estimate of drug-likeness (QED) is 0.494. The minimum Gasteiger partial charge on any atom is -0.480 e. The third-order valence-corrected chi connectivity index (χ3v) is 3.25. The number of amides is 1. The van der Waals surface area contributed by atoms with Crippen molar-refractivity contribution in [1.82, 2.24) is 10.3 Å². The number of aliphatic hydroxyl groups excluding tert-OH is 1. The molecule has 7 nitrogen and oxygen atoms in total. The lowest BCUT2D eigenvalue weighted by molar-refractivity contribution is -0.143. The van der Waals surface area contributed by atoms with Crippen molar-refractivity contribution in [3.63, 3.8) is 0 Å². The van der Waals surface area contributed by atoms with Crippen LogP contribution in [0.2, 0.25) is 0 Å². The normalized spacial score (nSPS) is 13.8. The maximum atomic E-state index is 11.9. The van der Waals surface area contributed by atoms with E-state index in [1.54, 1.807) is 6.20 Å². The van der Waals surface area contributed by atoms with Crippen molar-refractivity contribution in [3.05, 3.63) is 36.0 Å². The van der Waals surface area contributed by atoms with Gasteiger partial charge in [-0.05, 0) is 18.1 Å². The lowest BCUT2D eigenvalue weighted by Gasteiger charge is -2.15. The number of aromatic amines is 1. The number of nitrogens with one attached hydrogen (secondary N) is 2. The third-order valence-electron chi connectivity index (χ3n) is 3.25. The molecule has 0 aliphatic carbocycles. The van der Waals surface area contributed by atoms with Gasteiger partial charge in [-0.25, -0.2) is 4.79 Å². The summed E-state index contributed by atoms with van der Waals surface area (Å²) in [5.41, 5.74) is 7.62. The van der Waals surface area contributed by atoms with E-state index in [2.05, 4.69) is 10.3 Å². The summed E-state index contributed by atoms with van der Waals surface area (Å²) < 4.78 is 0. The van der Waals surface area contributed by atoms with Gasteiger partial charge in [-0.2, -0.15) is 0 Å². The summed E-state index contributed by atoms with van der Waals surface area (Å²) in [6.07, 6.45) is 2.05. The standard InChI is InChI=1S/C14H17N3O4/c15-10(13(19)17-12(7-18)14(20)21)5-8-6-16-11-4-2-1-3-9(8)11/h1-4,6,10,12,16,18H,5,7,15H2,(H,17,19)(H,20,21)/t10-,12+/m1/s1. The molecular weight excluding hydrogens is 274 g/mol. The molecule has 112 valence electrons. The Bertz CT molecular complexity index is 652. The Morgan fingerprint density at radius 2 is 2.05 bits per heavy atom. The average Bonchev–Trinajstić information content (AvgIpc) is 2.87. The second-order valence-electron chi connectivity index (χ2n) is 4.75. The zero-order valence-electron chi connectivity index (χ0n) is 11.2. The zero-order valence-corrected chi connectivity index (χ0v) is 11.2. The van der Waals surface area contributed by atoms with Gasteiger partial charge in [0.25, 0.3) is 0 Å². The molecule has 0 bridgehead atoms. The van der Waals surface area contributed by atoms with Gasteiger partial charge in [0.1, 0.15) is 6.04 Å². The number of para-hydroxylation sites is 1. The molecule has 6 N–H and O–H groups in total. The predicted octanol–water partition coefficient (Wildman–Crippen LogP) is -0.401. The minimum absolute atomic E-state index is 0.271. The average molecular weight is 291 g/mol. The molecule has 0 aliphatic rings. The van der Waals surface area contributed by atoms with E-state index in [4.69, 9.17) is 15.9 Å². The van der Waals surface area contributed by atoms with Gasteiger partial charge < -0.3 is 26.2 Å². The molecule has 0 saturated heterocycles. The van der Waals surface area contributed by atoms with Crippen molar-refractivity contribution in [3.8, 4) is 0 Å². The summed E-state index contributed by atoms with van der Waals surface area (Å²) in [5, 5.41) is 20.8. The second kappa shape index (κ2) is 6.38. The van der Waals surface area contributed by atoms with Crippen LogP contribution in [0.4, 0.5) is 0 Å². The van der Waals surface area contributed by atoms with Crippen molar-refractivity contribution in [2.75, 3.05) is 6.61 Å². The number of fused-ring (bicyclic) bond motifs is 1. The topological polar surface area (TPSA) is 128 Å². The molecule has 0 spiro atoms. The number of rotatable bonds is 6. The van der Waals surface area contributed by atoms with E-state index >= 15 is 0 Å². The molecule has 2 aromatic rings. The van der Waals surface area contributed by atoms with Crippen molar-refractivity contribution >= 4 is 22.8 Å². The molecule has 0 saturated carbocycles. The van der Waals surface area contributed by atoms with Crippen LogP contribution in [-0.4, -0.2) is 45.8 Å². The van der Waals surface area contributed by atoms with E-state index in [9.17, 15) is 9.59 Å². The number of carbonyl (C=O) groups excluding carboxylic acids is 1. The van der Waals surface area contributed by atoms with Gasteiger partial charge in [-0.3, -0.25) is 4.79 Å². The SMILES string of the molecule is N[C@H](Cc1c[nH]c2ccccc12)C(=O)N[C@@H](CO)C(=O)O. The van der Waals surface area contributed by atoms with Crippen LogP contribution in [0.15, 0.2) is 30.5 Å². The molecule has 0 unspecified atom stereocenters. The molecule has 1 amide bonds. The number of carboxylic acid groups (broad SMARTS) is 1. The molecule has 1 aromatic carbocycles. The van der Waals surface area contributed by atoms with Crippen LogP contribution in [0, 0.1) is 0 Å². The number of aromatic nitrogens is 1. The fraction of sp³-hybridized carbons (Fsp3) is 0.286. The van der Waals surface area contributed by atoms with Crippen LogP contribution in [-0.2, 0) is 16.0 Å². The monoisotopic (exact) mass is 291 g/mol. The number of hydrogen-bond donors (Lipinski definition) is 5. The Kier molecular flexibility index (Phi) is 4.56. The molecule has 1 aromatic heterocycles. The lowest BCUT2D eigenvalue weighted by atomic mass is 10.0. The van der Waals surface area contributed by atoms with Gasteiger partial charge in [-0.1, -0.05) is 18.2 Å². The first-order valence-electron chi connectivity index (χ1n) is 6.47. The fourth-order valence-corrected chi connectivity index (χ4v) is 2.09. The summed E-state index contributed by atoms with van der Waals surface area (Å²) >= 11 is 0.